The Kier molecular flexibility index (Phi) is 7.11. The van der Waals surface area contributed by atoms with Gasteiger partial charge in [0.25, 0.3) is 0 Å². The van der Waals surface area contributed by atoms with E-state index in [4.69, 9.17) is 4.74 Å². The topological polar surface area (TPSA) is 75.2 Å². The maximum absolute atomic E-state index is 11.2. The van der Waals surface area contributed by atoms with E-state index in [1.807, 2.05) is 30.5 Å². The monoisotopic (exact) mass is 430 g/mol. The van der Waals surface area contributed by atoms with E-state index >= 15 is 0 Å². The van der Waals surface area contributed by atoms with Gasteiger partial charge in [-0.15, -0.1) is 5.92 Å². The minimum Gasteiger partial charge on any atom is -0.486 e. The van der Waals surface area contributed by atoms with Crippen molar-refractivity contribution in [3.63, 3.8) is 0 Å². The third-order valence-electron chi connectivity index (χ3n) is 6.37. The minimum absolute atomic E-state index is 0.00391. The van der Waals surface area contributed by atoms with Gasteiger partial charge in [-0.2, -0.15) is 5.10 Å². The second kappa shape index (κ2) is 10.4. The average molecular weight is 431 g/mol. The van der Waals surface area contributed by atoms with E-state index in [0.29, 0.717) is 5.92 Å². The van der Waals surface area contributed by atoms with Gasteiger partial charge >= 0.3 is 5.97 Å². The molecule has 1 aliphatic rings. The van der Waals surface area contributed by atoms with Crippen molar-refractivity contribution in [2.75, 3.05) is 0 Å². The molecule has 5 nitrogen and oxygen atoms in total. The number of carbonyl (C=O) groups is 1. The summed E-state index contributed by atoms with van der Waals surface area (Å²) in [5.41, 5.74) is 3.09. The molecule has 1 saturated carbocycles. The summed E-state index contributed by atoms with van der Waals surface area (Å²) in [5, 5.41) is 17.4. The molecule has 1 aromatic heterocycles. The maximum atomic E-state index is 11.2. The summed E-state index contributed by atoms with van der Waals surface area (Å²) < 4.78 is 6.52. The lowest BCUT2D eigenvalue weighted by molar-refractivity contribution is -0.137. The van der Waals surface area contributed by atoms with Crippen molar-refractivity contribution in [2.45, 2.75) is 63.9 Å². The third kappa shape index (κ3) is 5.50. The second-order valence-electron chi connectivity index (χ2n) is 8.68. The summed E-state index contributed by atoms with van der Waals surface area (Å²) in [6.45, 7) is 1.74. The Morgan fingerprint density at radius 2 is 1.91 bits per heavy atom. The third-order valence-corrected chi connectivity index (χ3v) is 6.37. The van der Waals surface area contributed by atoms with Crippen LogP contribution in [0.3, 0.4) is 0 Å². The van der Waals surface area contributed by atoms with Gasteiger partial charge in [0, 0.05) is 5.39 Å². The van der Waals surface area contributed by atoms with E-state index in [0.717, 1.165) is 34.2 Å². The molecular weight excluding hydrogens is 400 g/mol. The number of hydrogen-bond acceptors (Lipinski definition) is 3. The lowest BCUT2D eigenvalue weighted by Gasteiger charge is -2.27. The number of aromatic nitrogens is 2. The number of hydrogen-bond donors (Lipinski definition) is 2. The van der Waals surface area contributed by atoms with Gasteiger partial charge < -0.3 is 9.84 Å². The Hall–Kier alpha value is -3.26. The van der Waals surface area contributed by atoms with E-state index < -0.39 is 5.97 Å². The summed E-state index contributed by atoms with van der Waals surface area (Å²) in [6, 6.07) is 14.1. The lowest BCUT2D eigenvalue weighted by atomic mass is 9.84. The average Bonchev–Trinajstić information content (AvgIpc) is 3.27. The Morgan fingerprint density at radius 3 is 2.62 bits per heavy atom. The Bertz CT molecular complexity index is 1100. The highest BCUT2D eigenvalue weighted by Gasteiger charge is 2.22. The summed E-state index contributed by atoms with van der Waals surface area (Å²) in [4.78, 5) is 11.2. The summed E-state index contributed by atoms with van der Waals surface area (Å²) in [5.74, 6) is 6.16. The molecule has 2 unspecified atom stereocenters. The zero-order valence-electron chi connectivity index (χ0n) is 18.5. The number of nitrogens with one attached hydrogen (secondary N) is 1. The highest BCUT2D eigenvalue weighted by Crippen LogP contribution is 2.35. The number of carboxylic acid groups (broad SMARTS) is 1. The molecule has 1 heterocycles. The molecule has 2 N–H and O–H groups in total. The van der Waals surface area contributed by atoms with Crippen molar-refractivity contribution < 1.29 is 14.6 Å². The van der Waals surface area contributed by atoms with Crippen molar-refractivity contribution in [3.8, 4) is 17.6 Å². The van der Waals surface area contributed by atoms with Crippen LogP contribution in [-0.4, -0.2) is 21.3 Å². The first-order chi connectivity index (χ1) is 15.6. The summed E-state index contributed by atoms with van der Waals surface area (Å²) in [7, 11) is 0. The largest absolute Gasteiger partial charge is 0.486 e. The first-order valence-electron chi connectivity index (χ1n) is 11.5. The summed E-state index contributed by atoms with van der Waals surface area (Å²) >= 11 is 0. The van der Waals surface area contributed by atoms with Crippen LogP contribution < -0.4 is 4.74 Å². The van der Waals surface area contributed by atoms with Crippen LogP contribution >= 0.6 is 0 Å². The predicted octanol–water partition coefficient (Wildman–Crippen LogP) is 6.24. The van der Waals surface area contributed by atoms with Gasteiger partial charge in [-0.1, -0.05) is 56.2 Å². The number of aromatic amines is 1. The smallest absolute Gasteiger partial charge is 0.304 e. The first-order valence-corrected chi connectivity index (χ1v) is 11.5. The van der Waals surface area contributed by atoms with Crippen LogP contribution in [-0.2, 0) is 4.79 Å². The number of rotatable bonds is 8. The molecule has 32 heavy (non-hydrogen) atoms. The normalized spacial score (nSPS) is 16.2. The lowest BCUT2D eigenvalue weighted by Crippen LogP contribution is -2.16. The van der Waals surface area contributed by atoms with Crippen LogP contribution in [0.15, 0.2) is 48.7 Å². The molecule has 0 bridgehead atoms. The van der Waals surface area contributed by atoms with Crippen molar-refractivity contribution in [1.29, 1.82) is 0 Å². The Balaban J connectivity index is 1.55. The van der Waals surface area contributed by atoms with Crippen molar-refractivity contribution >= 4 is 16.9 Å². The Labute approximate surface area is 189 Å². The molecule has 1 fully saturated rings. The minimum atomic E-state index is -0.847. The Morgan fingerprint density at radius 1 is 1.16 bits per heavy atom. The van der Waals surface area contributed by atoms with Gasteiger partial charge in [-0.3, -0.25) is 9.89 Å². The molecule has 0 radical (unpaired) electrons. The van der Waals surface area contributed by atoms with E-state index in [1.165, 1.54) is 32.1 Å². The van der Waals surface area contributed by atoms with E-state index in [9.17, 15) is 9.90 Å². The van der Waals surface area contributed by atoms with Crippen molar-refractivity contribution in [2.24, 2.45) is 5.92 Å². The molecule has 0 spiro atoms. The van der Waals surface area contributed by atoms with Gasteiger partial charge in [0.2, 0.25) is 0 Å². The van der Waals surface area contributed by atoms with Gasteiger partial charge in [0.1, 0.15) is 11.9 Å². The quantitative estimate of drug-likeness (QED) is 0.415. The molecule has 166 valence electrons. The van der Waals surface area contributed by atoms with E-state index in [2.05, 4.69) is 40.2 Å². The van der Waals surface area contributed by atoms with Gasteiger partial charge in [-0.25, -0.2) is 0 Å². The molecule has 5 heteroatoms. The van der Waals surface area contributed by atoms with E-state index in [-0.39, 0.29) is 18.4 Å². The van der Waals surface area contributed by atoms with Gasteiger partial charge in [0.05, 0.1) is 24.1 Å². The van der Waals surface area contributed by atoms with Crippen LogP contribution in [0.5, 0.6) is 5.75 Å². The molecule has 0 amide bonds. The number of H-pyrrole nitrogens is 1. The standard InChI is InChI=1S/C27H30N2O3/c1-2-6-21(17-27(30)31)20-9-12-24(13-10-20)32-26(15-19-7-4-3-5-8-19)22-11-14-25-23(16-22)18-28-29-25/h9-14,16,18-19,21,26H,3-5,7-8,15,17H2,1H3,(H,28,29)(H,30,31). The van der Waals surface area contributed by atoms with Crippen molar-refractivity contribution in [1.82, 2.24) is 10.2 Å². The SMILES string of the molecule is CC#CC(CC(=O)O)c1ccc(OC(CC2CCCCC2)c2ccc3[nH]ncc3c2)cc1. The highest BCUT2D eigenvalue weighted by molar-refractivity contribution is 5.78. The molecule has 1 aliphatic carbocycles. The molecule has 4 rings (SSSR count). The number of aliphatic carboxylic acids is 1. The van der Waals surface area contributed by atoms with Crippen LogP contribution in [0.4, 0.5) is 0 Å². The zero-order valence-corrected chi connectivity index (χ0v) is 18.5. The number of fused-ring (bicyclic) bond motifs is 1. The predicted molar refractivity (Wildman–Crippen MR) is 126 cm³/mol. The number of benzene rings is 2. The molecule has 0 aliphatic heterocycles. The van der Waals surface area contributed by atoms with Crippen LogP contribution in [0, 0.1) is 17.8 Å². The fourth-order valence-electron chi connectivity index (χ4n) is 4.68. The first kappa shape index (κ1) is 22.0. The van der Waals surface area contributed by atoms with Crippen LogP contribution in [0.2, 0.25) is 0 Å². The molecule has 2 aromatic carbocycles. The molecule has 0 saturated heterocycles. The zero-order chi connectivity index (χ0) is 22.3. The van der Waals surface area contributed by atoms with Gasteiger partial charge in [-0.05, 0) is 54.7 Å². The highest BCUT2D eigenvalue weighted by atomic mass is 16.5. The van der Waals surface area contributed by atoms with E-state index in [1.54, 1.807) is 6.92 Å². The summed E-state index contributed by atoms with van der Waals surface area (Å²) in [6.07, 6.45) is 9.27. The number of carboxylic acids is 1. The fraction of sp³-hybridized carbons (Fsp3) is 0.407. The van der Waals surface area contributed by atoms with Crippen LogP contribution in [0.1, 0.15) is 75.0 Å². The molecule has 2 atom stereocenters. The number of nitrogens with zero attached hydrogens (tertiary/aromatic N) is 1. The second-order valence-corrected chi connectivity index (χ2v) is 8.68. The number of ether oxygens (including phenoxy) is 1. The molecule has 3 aromatic rings. The van der Waals surface area contributed by atoms with Crippen LogP contribution in [0.25, 0.3) is 10.9 Å². The maximum Gasteiger partial charge on any atom is 0.304 e. The van der Waals surface area contributed by atoms with Gasteiger partial charge in [0.15, 0.2) is 0 Å². The van der Waals surface area contributed by atoms with Crippen molar-refractivity contribution in [3.05, 3.63) is 59.8 Å². The fourth-order valence-corrected chi connectivity index (χ4v) is 4.68. The molecular formula is C27H30N2O3.